The second-order valence-electron chi connectivity index (χ2n) is 5.04. The molecule has 3 rings (SSSR count). The largest absolute Gasteiger partial charge is 0.369 e. The minimum atomic E-state index is 0.284. The first-order valence-electron chi connectivity index (χ1n) is 6.61. The van der Waals surface area contributed by atoms with Crippen molar-refractivity contribution in [1.29, 1.82) is 5.26 Å². The highest BCUT2D eigenvalue weighted by atomic mass is 15.1. The van der Waals surface area contributed by atoms with Gasteiger partial charge in [-0.25, -0.2) is 9.97 Å². The molecule has 0 spiro atoms. The van der Waals surface area contributed by atoms with Gasteiger partial charge in [-0.05, 0) is 18.8 Å². The van der Waals surface area contributed by atoms with Gasteiger partial charge in [0.15, 0.2) is 0 Å². The van der Waals surface area contributed by atoms with Gasteiger partial charge in [0.2, 0.25) is 5.82 Å². The molecule has 1 fully saturated rings. The molecule has 0 amide bonds. The second-order valence-corrected chi connectivity index (χ2v) is 5.04. The summed E-state index contributed by atoms with van der Waals surface area (Å²) >= 11 is 0. The van der Waals surface area contributed by atoms with Gasteiger partial charge in [0.05, 0.1) is 5.69 Å². The highest BCUT2D eigenvalue weighted by Crippen LogP contribution is 2.27. The van der Waals surface area contributed by atoms with Gasteiger partial charge in [-0.3, -0.25) is 0 Å². The fourth-order valence-corrected chi connectivity index (χ4v) is 2.48. The van der Waals surface area contributed by atoms with Gasteiger partial charge in [0.25, 0.3) is 0 Å². The van der Waals surface area contributed by atoms with Crippen LogP contribution >= 0.6 is 0 Å². The van der Waals surface area contributed by atoms with Crippen molar-refractivity contribution in [3.8, 4) is 6.07 Å². The molecule has 5 heteroatoms. The number of fused-ring (bicyclic) bond motifs is 1. The van der Waals surface area contributed by atoms with E-state index in [0.717, 1.165) is 49.0 Å². The van der Waals surface area contributed by atoms with E-state index in [9.17, 15) is 0 Å². The molecule has 1 aromatic rings. The molecule has 2 N–H and O–H groups in total. The average molecular weight is 243 g/mol. The molecule has 1 aliphatic carbocycles. The van der Waals surface area contributed by atoms with Crippen molar-refractivity contribution in [3.63, 3.8) is 0 Å². The maximum Gasteiger partial charge on any atom is 0.234 e. The van der Waals surface area contributed by atoms with Crippen molar-refractivity contribution in [2.75, 3.05) is 18.4 Å². The van der Waals surface area contributed by atoms with E-state index in [0.29, 0.717) is 0 Å². The number of rotatable bonds is 3. The predicted octanol–water partition coefficient (Wildman–Crippen LogP) is 1.21. The third kappa shape index (κ3) is 2.16. The summed E-state index contributed by atoms with van der Waals surface area (Å²) < 4.78 is 0. The topological polar surface area (TPSA) is 73.6 Å². The summed E-state index contributed by atoms with van der Waals surface area (Å²) in [6.45, 7) is 2.69. The quantitative estimate of drug-likeness (QED) is 0.834. The summed E-state index contributed by atoms with van der Waals surface area (Å²) in [6, 6.07) is 2.05. The number of nitriles is 1. The minimum Gasteiger partial charge on any atom is -0.369 e. The maximum absolute atomic E-state index is 8.98. The zero-order valence-corrected chi connectivity index (χ0v) is 10.4. The molecule has 1 saturated carbocycles. The Bertz CT molecular complexity index is 487. The van der Waals surface area contributed by atoms with Gasteiger partial charge < -0.3 is 10.6 Å². The minimum absolute atomic E-state index is 0.284. The van der Waals surface area contributed by atoms with Crippen molar-refractivity contribution < 1.29 is 0 Å². The Kier molecular flexibility index (Phi) is 3.11. The van der Waals surface area contributed by atoms with Crippen LogP contribution in [-0.2, 0) is 13.0 Å². The van der Waals surface area contributed by atoms with Gasteiger partial charge in [-0.1, -0.05) is 6.42 Å². The van der Waals surface area contributed by atoms with Crippen molar-refractivity contribution in [1.82, 2.24) is 15.3 Å². The van der Waals surface area contributed by atoms with Crippen LogP contribution in [0.15, 0.2) is 0 Å². The normalized spacial score (nSPS) is 18.6. The molecule has 0 atom stereocenters. The van der Waals surface area contributed by atoms with E-state index in [1.807, 2.05) is 0 Å². The third-order valence-corrected chi connectivity index (χ3v) is 3.82. The van der Waals surface area contributed by atoms with Crippen molar-refractivity contribution in [2.45, 2.75) is 32.2 Å². The van der Waals surface area contributed by atoms with E-state index in [2.05, 4.69) is 26.7 Å². The van der Waals surface area contributed by atoms with E-state index >= 15 is 0 Å². The van der Waals surface area contributed by atoms with Gasteiger partial charge in [0, 0.05) is 31.6 Å². The highest BCUT2D eigenvalue weighted by Gasteiger charge is 2.20. The molecule has 1 aromatic heterocycles. The molecule has 0 aromatic carbocycles. The van der Waals surface area contributed by atoms with Crippen molar-refractivity contribution in [2.24, 2.45) is 5.92 Å². The summed E-state index contributed by atoms with van der Waals surface area (Å²) in [5.41, 5.74) is 2.16. The molecule has 18 heavy (non-hydrogen) atoms. The van der Waals surface area contributed by atoms with Gasteiger partial charge in [-0.15, -0.1) is 0 Å². The lowest BCUT2D eigenvalue weighted by atomic mass is 9.85. The van der Waals surface area contributed by atoms with Gasteiger partial charge in [0.1, 0.15) is 11.9 Å². The molecule has 0 bridgehead atoms. The van der Waals surface area contributed by atoms with E-state index < -0.39 is 0 Å². The smallest absolute Gasteiger partial charge is 0.234 e. The number of nitrogens with zero attached hydrogens (tertiary/aromatic N) is 3. The molecular weight excluding hydrogens is 226 g/mol. The lowest BCUT2D eigenvalue weighted by Gasteiger charge is -2.27. The zero-order valence-electron chi connectivity index (χ0n) is 10.4. The Hall–Kier alpha value is -1.67. The summed E-state index contributed by atoms with van der Waals surface area (Å²) in [6.07, 6.45) is 4.84. The van der Waals surface area contributed by atoms with Crippen LogP contribution in [0, 0.1) is 17.2 Å². The first-order valence-corrected chi connectivity index (χ1v) is 6.61. The lowest BCUT2D eigenvalue weighted by molar-refractivity contribution is 0.333. The number of aromatic nitrogens is 2. The van der Waals surface area contributed by atoms with Crippen LogP contribution in [0.25, 0.3) is 0 Å². The molecule has 2 aliphatic rings. The Morgan fingerprint density at radius 2 is 2.28 bits per heavy atom. The van der Waals surface area contributed by atoms with Crippen LogP contribution in [0.5, 0.6) is 0 Å². The fourth-order valence-electron chi connectivity index (χ4n) is 2.48. The third-order valence-electron chi connectivity index (χ3n) is 3.82. The maximum atomic E-state index is 8.98. The van der Waals surface area contributed by atoms with E-state index in [1.165, 1.54) is 19.3 Å². The predicted molar refractivity (Wildman–Crippen MR) is 68.0 cm³/mol. The molecule has 0 unspecified atom stereocenters. The molecule has 0 saturated heterocycles. The molecule has 94 valence electrons. The van der Waals surface area contributed by atoms with E-state index in [4.69, 9.17) is 5.26 Å². The van der Waals surface area contributed by atoms with E-state index in [1.54, 1.807) is 0 Å². The average Bonchev–Trinajstić information content (AvgIpc) is 2.36. The Morgan fingerprint density at radius 3 is 3.00 bits per heavy atom. The molecule has 5 nitrogen and oxygen atoms in total. The molecular formula is C13H17N5. The van der Waals surface area contributed by atoms with Crippen LogP contribution in [0.2, 0.25) is 0 Å². The summed E-state index contributed by atoms with van der Waals surface area (Å²) in [4.78, 5) is 8.61. The lowest BCUT2D eigenvalue weighted by Crippen LogP contribution is -2.28. The molecule has 2 heterocycles. The first-order chi connectivity index (χ1) is 8.86. The summed E-state index contributed by atoms with van der Waals surface area (Å²) in [7, 11) is 0. The first kappa shape index (κ1) is 11.4. The fraction of sp³-hybridized carbons (Fsp3) is 0.615. The van der Waals surface area contributed by atoms with Crippen molar-refractivity contribution >= 4 is 5.82 Å². The number of hydrogen-bond donors (Lipinski definition) is 2. The van der Waals surface area contributed by atoms with Gasteiger partial charge in [-0.2, -0.15) is 5.26 Å². The SMILES string of the molecule is N#Cc1nc2c(c(NCC3CCC3)n1)CNCC2. The van der Waals surface area contributed by atoms with Crippen LogP contribution < -0.4 is 10.6 Å². The Labute approximate surface area is 107 Å². The second kappa shape index (κ2) is 4.91. The summed E-state index contributed by atoms with van der Waals surface area (Å²) in [5.74, 6) is 1.92. The van der Waals surface area contributed by atoms with Crippen LogP contribution in [-0.4, -0.2) is 23.1 Å². The highest BCUT2D eigenvalue weighted by molar-refractivity contribution is 5.49. The Balaban J connectivity index is 1.83. The monoisotopic (exact) mass is 243 g/mol. The van der Waals surface area contributed by atoms with Crippen LogP contribution in [0.1, 0.15) is 36.3 Å². The summed E-state index contributed by atoms with van der Waals surface area (Å²) in [5, 5.41) is 15.7. The van der Waals surface area contributed by atoms with Crippen LogP contribution in [0.4, 0.5) is 5.82 Å². The number of anilines is 1. The number of hydrogen-bond acceptors (Lipinski definition) is 5. The van der Waals surface area contributed by atoms with Crippen LogP contribution in [0.3, 0.4) is 0 Å². The molecule has 0 radical (unpaired) electrons. The van der Waals surface area contributed by atoms with E-state index in [-0.39, 0.29) is 5.82 Å². The van der Waals surface area contributed by atoms with Gasteiger partial charge >= 0.3 is 0 Å². The zero-order chi connectivity index (χ0) is 12.4. The van der Waals surface area contributed by atoms with Crippen molar-refractivity contribution in [3.05, 3.63) is 17.1 Å². The molecule has 1 aliphatic heterocycles. The standard InChI is InChI=1S/C13H17N5/c14-6-12-17-11-4-5-15-8-10(11)13(18-12)16-7-9-2-1-3-9/h9,15H,1-5,7-8H2,(H,16,17,18). The number of nitrogens with one attached hydrogen (secondary N) is 2. The Morgan fingerprint density at radius 1 is 1.39 bits per heavy atom.